The second kappa shape index (κ2) is 7.23. The number of halogens is 3. The molecule has 6 heteroatoms. The fourth-order valence-electron chi connectivity index (χ4n) is 3.10. The van der Waals surface area contributed by atoms with E-state index >= 15 is 0 Å². The normalized spacial score (nSPS) is 18.0. The number of hydrogen-bond acceptors (Lipinski definition) is 2. The molecule has 144 valence electrons. The van der Waals surface area contributed by atoms with Crippen LogP contribution in [0.4, 0.5) is 13.2 Å². The molecule has 0 N–H and O–H groups in total. The van der Waals surface area contributed by atoms with Gasteiger partial charge < -0.3 is 4.90 Å². The van der Waals surface area contributed by atoms with Crippen molar-refractivity contribution in [3.8, 4) is 0 Å². The Balaban J connectivity index is 1.85. The fraction of sp³-hybridized carbons (Fsp3) is 0.381. The van der Waals surface area contributed by atoms with Gasteiger partial charge in [0.1, 0.15) is 5.37 Å². The van der Waals surface area contributed by atoms with Crippen LogP contribution in [0.15, 0.2) is 48.5 Å². The van der Waals surface area contributed by atoms with E-state index in [0.717, 1.165) is 17.7 Å². The van der Waals surface area contributed by atoms with Crippen LogP contribution in [0, 0.1) is 0 Å². The third-order valence-electron chi connectivity index (χ3n) is 4.65. The minimum atomic E-state index is -4.39. The SMILES string of the molecule is CC(C)(C)c1ccc(C(=O)N2CCSC2c2cccc(C(F)(F)F)c2)cc1. The van der Waals surface area contributed by atoms with Gasteiger partial charge in [-0.2, -0.15) is 13.2 Å². The molecule has 0 bridgehead atoms. The number of benzene rings is 2. The summed E-state index contributed by atoms with van der Waals surface area (Å²) in [5, 5.41) is -0.401. The maximum absolute atomic E-state index is 13.0. The molecule has 27 heavy (non-hydrogen) atoms. The maximum Gasteiger partial charge on any atom is 0.416 e. The summed E-state index contributed by atoms with van der Waals surface area (Å²) in [6, 6.07) is 12.7. The first-order valence-electron chi connectivity index (χ1n) is 8.77. The maximum atomic E-state index is 13.0. The largest absolute Gasteiger partial charge is 0.416 e. The molecular weight excluding hydrogens is 371 g/mol. The molecule has 1 aliphatic heterocycles. The summed E-state index contributed by atoms with van der Waals surface area (Å²) in [6.07, 6.45) is -4.39. The third kappa shape index (κ3) is 4.32. The first-order valence-corrected chi connectivity index (χ1v) is 9.82. The van der Waals surface area contributed by atoms with Crippen LogP contribution in [-0.4, -0.2) is 23.1 Å². The number of carbonyl (C=O) groups excluding carboxylic acids is 1. The smallest absolute Gasteiger partial charge is 0.322 e. The zero-order valence-electron chi connectivity index (χ0n) is 15.5. The van der Waals surface area contributed by atoms with Crippen LogP contribution in [-0.2, 0) is 11.6 Å². The minimum Gasteiger partial charge on any atom is -0.322 e. The van der Waals surface area contributed by atoms with E-state index < -0.39 is 17.1 Å². The first-order chi connectivity index (χ1) is 12.6. The molecule has 1 atom stereocenters. The predicted octanol–water partition coefficient (Wildman–Crippen LogP) is 5.89. The fourth-order valence-corrected chi connectivity index (χ4v) is 4.35. The van der Waals surface area contributed by atoms with Crippen molar-refractivity contribution in [2.45, 2.75) is 37.7 Å². The lowest BCUT2D eigenvalue weighted by atomic mass is 9.86. The Kier molecular flexibility index (Phi) is 5.30. The highest BCUT2D eigenvalue weighted by molar-refractivity contribution is 7.99. The number of nitrogens with zero attached hydrogens (tertiary/aromatic N) is 1. The van der Waals surface area contributed by atoms with Crippen LogP contribution < -0.4 is 0 Å². The number of alkyl halides is 3. The number of thioether (sulfide) groups is 1. The van der Waals surface area contributed by atoms with Gasteiger partial charge in [0, 0.05) is 17.9 Å². The van der Waals surface area contributed by atoms with Crippen LogP contribution in [0.25, 0.3) is 0 Å². The van der Waals surface area contributed by atoms with Crippen LogP contribution in [0.3, 0.4) is 0 Å². The van der Waals surface area contributed by atoms with Gasteiger partial charge in [0.15, 0.2) is 0 Å². The highest BCUT2D eigenvalue weighted by Crippen LogP contribution is 2.40. The summed E-state index contributed by atoms with van der Waals surface area (Å²) in [7, 11) is 0. The van der Waals surface area contributed by atoms with Crippen molar-refractivity contribution in [3.63, 3.8) is 0 Å². The zero-order valence-corrected chi connectivity index (χ0v) is 16.3. The van der Waals surface area contributed by atoms with E-state index in [1.165, 1.54) is 17.8 Å². The number of rotatable bonds is 2. The topological polar surface area (TPSA) is 20.3 Å². The standard InChI is InChI=1S/C21H22F3NOS/c1-20(2,3)16-9-7-14(8-10-16)18(26)25-11-12-27-19(25)15-5-4-6-17(13-15)21(22,23)24/h4-10,13,19H,11-12H2,1-3H3. The molecule has 0 spiro atoms. The second-order valence-corrected chi connectivity index (χ2v) is 8.86. The molecule has 2 aromatic rings. The Bertz CT molecular complexity index is 825. The van der Waals surface area contributed by atoms with E-state index in [-0.39, 0.29) is 11.3 Å². The van der Waals surface area contributed by atoms with Crippen molar-refractivity contribution in [2.75, 3.05) is 12.3 Å². The van der Waals surface area contributed by atoms with Gasteiger partial charge in [0.05, 0.1) is 5.56 Å². The van der Waals surface area contributed by atoms with Crippen LogP contribution in [0.1, 0.15) is 53.2 Å². The molecule has 2 aromatic carbocycles. The van der Waals surface area contributed by atoms with E-state index in [4.69, 9.17) is 0 Å². The van der Waals surface area contributed by atoms with Crippen LogP contribution in [0.2, 0.25) is 0 Å². The van der Waals surface area contributed by atoms with E-state index in [2.05, 4.69) is 20.8 Å². The zero-order chi connectivity index (χ0) is 19.8. The van der Waals surface area contributed by atoms with Gasteiger partial charge in [-0.15, -0.1) is 11.8 Å². The van der Waals surface area contributed by atoms with Gasteiger partial charge in [0.25, 0.3) is 5.91 Å². The molecule has 0 aliphatic carbocycles. The van der Waals surface area contributed by atoms with E-state index in [9.17, 15) is 18.0 Å². The number of carbonyl (C=O) groups is 1. The molecule has 1 amide bonds. The summed E-state index contributed by atoms with van der Waals surface area (Å²) in [5.41, 5.74) is 1.50. The van der Waals surface area contributed by atoms with Crippen molar-refractivity contribution in [1.82, 2.24) is 4.90 Å². The average Bonchev–Trinajstić information content (AvgIpc) is 3.09. The highest BCUT2D eigenvalue weighted by atomic mass is 32.2. The van der Waals surface area contributed by atoms with Crippen molar-refractivity contribution in [3.05, 3.63) is 70.8 Å². The molecule has 2 nitrogen and oxygen atoms in total. The Morgan fingerprint density at radius 1 is 1.04 bits per heavy atom. The van der Waals surface area contributed by atoms with Gasteiger partial charge in [-0.25, -0.2) is 0 Å². The Hall–Kier alpha value is -1.95. The number of hydrogen-bond donors (Lipinski definition) is 0. The van der Waals surface area contributed by atoms with Gasteiger partial charge in [-0.3, -0.25) is 4.79 Å². The lowest BCUT2D eigenvalue weighted by Gasteiger charge is -2.25. The quantitative estimate of drug-likeness (QED) is 0.634. The van der Waals surface area contributed by atoms with Gasteiger partial charge in [0.2, 0.25) is 0 Å². The third-order valence-corrected chi connectivity index (χ3v) is 5.91. The monoisotopic (exact) mass is 393 g/mol. The molecule has 1 saturated heterocycles. The Labute approximate surface area is 161 Å². The molecule has 1 aliphatic rings. The molecule has 0 saturated carbocycles. The van der Waals surface area contributed by atoms with Crippen molar-refractivity contribution < 1.29 is 18.0 Å². The summed E-state index contributed by atoms with van der Waals surface area (Å²) in [6.45, 7) is 6.82. The van der Waals surface area contributed by atoms with Gasteiger partial charge in [-0.05, 0) is 40.8 Å². The van der Waals surface area contributed by atoms with Crippen molar-refractivity contribution in [1.29, 1.82) is 0 Å². The summed E-state index contributed by atoms with van der Waals surface area (Å²) < 4.78 is 39.1. The highest BCUT2D eigenvalue weighted by Gasteiger charge is 2.35. The van der Waals surface area contributed by atoms with Crippen molar-refractivity contribution >= 4 is 17.7 Å². The number of amides is 1. The first kappa shape index (κ1) is 19.8. The molecular formula is C21H22F3NOS. The molecule has 0 radical (unpaired) electrons. The molecule has 3 rings (SSSR count). The molecule has 1 fully saturated rings. The Morgan fingerprint density at radius 3 is 2.30 bits per heavy atom. The van der Waals surface area contributed by atoms with Crippen molar-refractivity contribution in [2.24, 2.45) is 0 Å². The van der Waals surface area contributed by atoms with E-state index in [0.29, 0.717) is 23.4 Å². The van der Waals surface area contributed by atoms with E-state index in [1.54, 1.807) is 23.1 Å². The molecule has 1 unspecified atom stereocenters. The summed E-state index contributed by atoms with van der Waals surface area (Å²) in [5.74, 6) is 0.551. The van der Waals surface area contributed by atoms with E-state index in [1.807, 2.05) is 12.1 Å². The summed E-state index contributed by atoms with van der Waals surface area (Å²) in [4.78, 5) is 14.6. The van der Waals surface area contributed by atoms with Gasteiger partial charge in [-0.1, -0.05) is 45.0 Å². The predicted molar refractivity (Wildman–Crippen MR) is 103 cm³/mol. The Morgan fingerprint density at radius 2 is 1.70 bits per heavy atom. The summed E-state index contributed by atoms with van der Waals surface area (Å²) >= 11 is 1.49. The molecule has 0 aromatic heterocycles. The van der Waals surface area contributed by atoms with Crippen LogP contribution >= 0.6 is 11.8 Å². The second-order valence-electron chi connectivity index (χ2n) is 7.67. The van der Waals surface area contributed by atoms with Crippen LogP contribution in [0.5, 0.6) is 0 Å². The lowest BCUT2D eigenvalue weighted by Crippen LogP contribution is -2.30. The minimum absolute atomic E-state index is 0.00829. The lowest BCUT2D eigenvalue weighted by molar-refractivity contribution is -0.137. The van der Waals surface area contributed by atoms with Gasteiger partial charge >= 0.3 is 6.18 Å². The molecule has 1 heterocycles. The average molecular weight is 393 g/mol.